The van der Waals surface area contributed by atoms with Gasteiger partial charge in [-0.2, -0.15) is 5.10 Å². The zero-order valence-corrected chi connectivity index (χ0v) is 21.0. The van der Waals surface area contributed by atoms with E-state index in [0.717, 1.165) is 32.6 Å². The molecular weight excluding hydrogens is 462 g/mol. The molecule has 0 saturated carbocycles. The van der Waals surface area contributed by atoms with Crippen LogP contribution in [0.1, 0.15) is 32.7 Å². The number of amides is 1. The van der Waals surface area contributed by atoms with Crippen molar-refractivity contribution in [3.63, 3.8) is 0 Å². The first-order valence-corrected chi connectivity index (χ1v) is 12.7. The first kappa shape index (κ1) is 23.1. The number of hydrogen-bond donors (Lipinski definition) is 0. The van der Waals surface area contributed by atoms with E-state index in [9.17, 15) is 13.2 Å². The lowest BCUT2D eigenvalue weighted by atomic mass is 10.1. The number of hydrogen-bond acceptors (Lipinski definition) is 4. The predicted octanol–water partition coefficient (Wildman–Crippen LogP) is 3.69. The van der Waals surface area contributed by atoms with Gasteiger partial charge in [-0.05, 0) is 61.9 Å². The third kappa shape index (κ3) is 3.96. The minimum absolute atomic E-state index is 0.156. The quantitative estimate of drug-likeness (QED) is 0.428. The smallest absolute Gasteiger partial charge is 0.254 e. The SMILES string of the molecule is Cc1ccc(-n2nc3c(c2-n2cccc2)CN(C(=O)c2ccc(S(=O)(=O)N(C)C)cc2)C3)c(C)c1. The molecule has 1 aliphatic heterocycles. The highest BCUT2D eigenvalue weighted by Gasteiger charge is 2.32. The lowest BCUT2D eigenvalue weighted by Crippen LogP contribution is -2.27. The van der Waals surface area contributed by atoms with Crippen molar-refractivity contribution in [2.24, 2.45) is 0 Å². The van der Waals surface area contributed by atoms with Crippen LogP contribution < -0.4 is 0 Å². The lowest BCUT2D eigenvalue weighted by Gasteiger charge is -2.18. The van der Waals surface area contributed by atoms with Crippen LogP contribution in [0.5, 0.6) is 0 Å². The van der Waals surface area contributed by atoms with Crippen LogP contribution in [0, 0.1) is 13.8 Å². The Morgan fingerprint density at radius 3 is 2.29 bits per heavy atom. The van der Waals surface area contributed by atoms with Crippen LogP contribution in [-0.2, 0) is 23.1 Å². The van der Waals surface area contributed by atoms with Crippen molar-refractivity contribution in [2.45, 2.75) is 31.8 Å². The number of carbonyl (C=O) groups is 1. The van der Waals surface area contributed by atoms with Gasteiger partial charge < -0.3 is 9.47 Å². The summed E-state index contributed by atoms with van der Waals surface area (Å²) in [5.74, 6) is 0.757. The Morgan fingerprint density at radius 1 is 0.971 bits per heavy atom. The maximum absolute atomic E-state index is 13.3. The third-order valence-electron chi connectivity index (χ3n) is 6.33. The molecule has 8 nitrogen and oxygen atoms in total. The fourth-order valence-electron chi connectivity index (χ4n) is 4.46. The van der Waals surface area contributed by atoms with Crippen molar-refractivity contribution in [3.8, 4) is 11.5 Å². The molecular formula is C26H27N5O3S. The molecule has 9 heteroatoms. The van der Waals surface area contributed by atoms with E-state index in [1.165, 1.54) is 31.8 Å². The van der Waals surface area contributed by atoms with Gasteiger partial charge in [-0.3, -0.25) is 4.79 Å². The summed E-state index contributed by atoms with van der Waals surface area (Å²) in [7, 11) is -0.585. The lowest BCUT2D eigenvalue weighted by molar-refractivity contribution is 0.0749. The highest BCUT2D eigenvalue weighted by Crippen LogP contribution is 2.32. The van der Waals surface area contributed by atoms with Gasteiger partial charge in [0.15, 0.2) is 0 Å². The number of rotatable bonds is 5. The van der Waals surface area contributed by atoms with Crippen LogP contribution in [0.2, 0.25) is 0 Å². The maximum atomic E-state index is 13.3. The molecule has 180 valence electrons. The summed E-state index contributed by atoms with van der Waals surface area (Å²) in [4.78, 5) is 15.2. The Kier molecular flexibility index (Phi) is 5.61. The fraction of sp³-hybridized carbons (Fsp3) is 0.231. The van der Waals surface area contributed by atoms with Gasteiger partial charge in [0, 0.05) is 37.6 Å². The summed E-state index contributed by atoms with van der Waals surface area (Å²) < 4.78 is 29.8. The second-order valence-corrected chi connectivity index (χ2v) is 11.2. The second kappa shape index (κ2) is 8.51. The van der Waals surface area contributed by atoms with Crippen LogP contribution in [0.3, 0.4) is 0 Å². The van der Waals surface area contributed by atoms with Crippen molar-refractivity contribution < 1.29 is 13.2 Å². The Labute approximate surface area is 205 Å². The van der Waals surface area contributed by atoms with E-state index in [1.54, 1.807) is 17.0 Å². The van der Waals surface area contributed by atoms with Crippen LogP contribution in [0.25, 0.3) is 11.5 Å². The maximum Gasteiger partial charge on any atom is 0.254 e. The third-order valence-corrected chi connectivity index (χ3v) is 8.16. The molecule has 0 N–H and O–H groups in total. The van der Waals surface area contributed by atoms with Gasteiger partial charge in [0.2, 0.25) is 10.0 Å². The fourth-order valence-corrected chi connectivity index (χ4v) is 5.36. The number of carbonyl (C=O) groups excluding carboxylic acids is 1. The van der Waals surface area contributed by atoms with Crippen molar-refractivity contribution in [1.29, 1.82) is 0 Å². The minimum Gasteiger partial charge on any atom is -0.328 e. The van der Waals surface area contributed by atoms with Gasteiger partial charge in [-0.1, -0.05) is 17.7 Å². The highest BCUT2D eigenvalue weighted by atomic mass is 32.2. The van der Waals surface area contributed by atoms with Crippen LogP contribution in [0.4, 0.5) is 0 Å². The molecule has 0 atom stereocenters. The Morgan fingerprint density at radius 2 is 1.66 bits per heavy atom. The van der Waals surface area contributed by atoms with E-state index in [2.05, 4.69) is 32.0 Å². The molecule has 2 aromatic carbocycles. The van der Waals surface area contributed by atoms with Gasteiger partial charge >= 0.3 is 0 Å². The van der Waals surface area contributed by atoms with Crippen molar-refractivity contribution >= 4 is 15.9 Å². The summed E-state index contributed by atoms with van der Waals surface area (Å²) in [6, 6.07) is 16.3. The highest BCUT2D eigenvalue weighted by molar-refractivity contribution is 7.89. The summed E-state index contributed by atoms with van der Waals surface area (Å²) in [6.45, 7) is 4.95. The first-order valence-electron chi connectivity index (χ1n) is 11.3. The van der Waals surface area contributed by atoms with Gasteiger partial charge in [0.25, 0.3) is 5.91 Å². The molecule has 1 aliphatic rings. The summed E-state index contributed by atoms with van der Waals surface area (Å²) in [5, 5.41) is 4.92. The predicted molar refractivity (Wildman–Crippen MR) is 133 cm³/mol. The molecule has 1 amide bonds. The Hall–Kier alpha value is -3.69. The van der Waals surface area contributed by atoms with Gasteiger partial charge in [-0.25, -0.2) is 17.4 Å². The molecule has 0 saturated heterocycles. The summed E-state index contributed by atoms with van der Waals surface area (Å²) >= 11 is 0. The Balaban J connectivity index is 1.47. The van der Waals surface area contributed by atoms with Gasteiger partial charge in [0.05, 0.1) is 29.4 Å². The van der Waals surface area contributed by atoms with E-state index in [1.807, 2.05) is 33.8 Å². The summed E-state index contributed by atoms with van der Waals surface area (Å²) in [6.07, 6.45) is 3.96. The molecule has 5 rings (SSSR count). The number of aryl methyl sites for hydroxylation is 2. The molecule has 0 fully saturated rings. The first-order chi connectivity index (χ1) is 16.7. The number of aromatic nitrogens is 3. The molecule has 2 aromatic heterocycles. The number of fused-ring (bicyclic) bond motifs is 1. The number of nitrogens with zero attached hydrogens (tertiary/aromatic N) is 5. The second-order valence-electron chi connectivity index (χ2n) is 9.01. The molecule has 4 aromatic rings. The Bertz CT molecular complexity index is 1520. The normalized spacial score (nSPS) is 13.5. The van der Waals surface area contributed by atoms with E-state index >= 15 is 0 Å². The molecule has 0 unspecified atom stereocenters. The summed E-state index contributed by atoms with van der Waals surface area (Å²) in [5.41, 5.74) is 5.62. The number of sulfonamides is 1. The van der Waals surface area contributed by atoms with Crippen molar-refractivity contribution in [2.75, 3.05) is 14.1 Å². The average Bonchev–Trinajstić information content (AvgIpc) is 3.55. The van der Waals surface area contributed by atoms with Gasteiger partial charge in [0.1, 0.15) is 5.82 Å². The standard InChI is InChI=1S/C26H27N5O3S/c1-18-7-12-24(19(2)15-18)31-25(29-13-5-6-14-29)22-16-30(17-23(22)27-31)26(32)20-8-10-21(11-9-20)35(33,34)28(3)4/h5-15H,16-17H2,1-4H3. The zero-order valence-electron chi connectivity index (χ0n) is 20.1. The van der Waals surface area contributed by atoms with Crippen molar-refractivity contribution in [1.82, 2.24) is 23.6 Å². The van der Waals surface area contributed by atoms with Crippen LogP contribution in [-0.4, -0.2) is 52.0 Å². The van der Waals surface area contributed by atoms with E-state index in [-0.39, 0.29) is 10.8 Å². The molecule has 0 radical (unpaired) electrons. The monoisotopic (exact) mass is 489 g/mol. The molecule has 35 heavy (non-hydrogen) atoms. The molecule has 3 heterocycles. The molecule has 0 bridgehead atoms. The average molecular weight is 490 g/mol. The topological polar surface area (TPSA) is 80.4 Å². The van der Waals surface area contributed by atoms with E-state index in [0.29, 0.717) is 18.7 Å². The van der Waals surface area contributed by atoms with Crippen molar-refractivity contribution in [3.05, 3.63) is 94.9 Å². The largest absolute Gasteiger partial charge is 0.328 e. The minimum atomic E-state index is -3.55. The van der Waals surface area contributed by atoms with Crippen LogP contribution >= 0.6 is 0 Å². The van der Waals surface area contributed by atoms with Gasteiger partial charge in [-0.15, -0.1) is 0 Å². The molecule has 0 spiro atoms. The molecule has 0 aliphatic carbocycles. The number of benzene rings is 2. The van der Waals surface area contributed by atoms with E-state index < -0.39 is 10.0 Å². The zero-order chi connectivity index (χ0) is 24.9. The van der Waals surface area contributed by atoms with Crippen LogP contribution in [0.15, 0.2) is 71.9 Å². The van der Waals surface area contributed by atoms with E-state index in [4.69, 9.17) is 5.10 Å².